The van der Waals surface area contributed by atoms with E-state index in [0.29, 0.717) is 0 Å². The normalized spacial score (nSPS) is 9.11. The zero-order chi connectivity index (χ0) is 6.69. The molecule has 48 valence electrons. The number of anilines is 1. The van der Waals surface area contributed by atoms with Gasteiger partial charge in [-0.15, -0.1) is 5.10 Å². The van der Waals surface area contributed by atoms with Crippen molar-refractivity contribution in [3.63, 3.8) is 0 Å². The summed E-state index contributed by atoms with van der Waals surface area (Å²) in [5.74, 6) is 0.807. The summed E-state index contributed by atoms with van der Waals surface area (Å²) in [6.45, 7) is 0. The van der Waals surface area contributed by atoms with E-state index in [0.717, 1.165) is 9.39 Å². The lowest BCUT2D eigenvalue weighted by atomic mass is 10.5. The molecule has 0 aliphatic rings. The molecule has 3 nitrogen and oxygen atoms in total. The van der Waals surface area contributed by atoms with Crippen molar-refractivity contribution < 1.29 is 0 Å². The maximum absolute atomic E-state index is 3.79. The third-order valence-electron chi connectivity index (χ3n) is 0.877. The Bertz CT molecular complexity index is 201. The highest BCUT2D eigenvalue weighted by Gasteiger charge is 1.89. The van der Waals surface area contributed by atoms with Gasteiger partial charge in [-0.25, -0.2) is 0 Å². The van der Waals surface area contributed by atoms with Crippen LogP contribution < -0.4 is 5.32 Å². The summed E-state index contributed by atoms with van der Waals surface area (Å²) in [5.41, 5.74) is 0. The van der Waals surface area contributed by atoms with Crippen molar-refractivity contribution in [2.45, 2.75) is 0 Å². The Balaban J connectivity index is 2.94. The van der Waals surface area contributed by atoms with E-state index < -0.39 is 0 Å². The fourth-order valence-corrected chi connectivity index (χ4v) is 0.885. The molecule has 1 rings (SSSR count). The highest BCUT2D eigenvalue weighted by atomic mass is 127. The van der Waals surface area contributed by atoms with Gasteiger partial charge in [0.25, 0.3) is 0 Å². The van der Waals surface area contributed by atoms with Gasteiger partial charge < -0.3 is 5.32 Å². The van der Waals surface area contributed by atoms with Crippen LogP contribution in [0.5, 0.6) is 0 Å². The molecule has 0 aliphatic heterocycles. The first kappa shape index (κ1) is 6.73. The van der Waals surface area contributed by atoms with Crippen LogP contribution in [-0.2, 0) is 0 Å². The zero-order valence-corrected chi connectivity index (χ0v) is 7.08. The molecule has 0 fully saturated rings. The van der Waals surface area contributed by atoms with Crippen LogP contribution in [0, 0.1) is 3.57 Å². The van der Waals surface area contributed by atoms with Gasteiger partial charge in [-0.05, 0) is 28.7 Å². The first-order valence-corrected chi connectivity index (χ1v) is 3.57. The van der Waals surface area contributed by atoms with Crippen LogP contribution in [-0.4, -0.2) is 17.2 Å². The van der Waals surface area contributed by atoms with Crippen molar-refractivity contribution in [2.75, 3.05) is 12.4 Å². The summed E-state index contributed by atoms with van der Waals surface area (Å²) in [7, 11) is 1.82. The summed E-state index contributed by atoms with van der Waals surface area (Å²) in [4.78, 5) is 0. The van der Waals surface area contributed by atoms with Gasteiger partial charge in [0.15, 0.2) is 0 Å². The molecule has 0 atom stereocenters. The maximum atomic E-state index is 3.79. The molecule has 0 saturated heterocycles. The number of hydrogen-bond acceptors (Lipinski definition) is 3. The van der Waals surface area contributed by atoms with Crippen molar-refractivity contribution >= 4 is 28.4 Å². The first-order valence-electron chi connectivity index (χ1n) is 2.49. The van der Waals surface area contributed by atoms with Crippen molar-refractivity contribution in [1.82, 2.24) is 10.2 Å². The molecule has 0 bridgehead atoms. The average Bonchev–Trinajstić information content (AvgIpc) is 1.88. The molecule has 0 spiro atoms. The molecule has 1 N–H and O–H groups in total. The predicted octanol–water partition coefficient (Wildman–Crippen LogP) is 1.12. The second-order valence-electron chi connectivity index (χ2n) is 1.51. The second kappa shape index (κ2) is 2.95. The smallest absolute Gasteiger partial charge is 0.149 e. The quantitative estimate of drug-likeness (QED) is 0.741. The van der Waals surface area contributed by atoms with Crippen molar-refractivity contribution in [3.8, 4) is 0 Å². The number of hydrogen-bond donors (Lipinski definition) is 1. The van der Waals surface area contributed by atoms with Crippen LogP contribution in [0.15, 0.2) is 12.3 Å². The minimum absolute atomic E-state index is 0.807. The minimum atomic E-state index is 0.807. The third-order valence-corrected chi connectivity index (χ3v) is 1.47. The maximum Gasteiger partial charge on any atom is 0.149 e. The summed E-state index contributed by atoms with van der Waals surface area (Å²) < 4.78 is 1.09. The molecule has 0 aliphatic carbocycles. The Kier molecular flexibility index (Phi) is 2.21. The zero-order valence-electron chi connectivity index (χ0n) is 4.93. The van der Waals surface area contributed by atoms with E-state index in [1.807, 2.05) is 13.1 Å². The predicted molar refractivity (Wildman–Crippen MR) is 44.3 cm³/mol. The molecule has 0 aromatic carbocycles. The number of aromatic nitrogens is 2. The molecule has 1 aromatic heterocycles. The van der Waals surface area contributed by atoms with Gasteiger partial charge >= 0.3 is 0 Å². The summed E-state index contributed by atoms with van der Waals surface area (Å²) in [5, 5.41) is 10.4. The molecular formula is C5H6IN3. The fraction of sp³-hybridized carbons (Fsp3) is 0.200. The highest BCUT2D eigenvalue weighted by Crippen LogP contribution is 2.05. The average molecular weight is 235 g/mol. The molecular weight excluding hydrogens is 229 g/mol. The van der Waals surface area contributed by atoms with E-state index in [4.69, 9.17) is 0 Å². The van der Waals surface area contributed by atoms with Crippen molar-refractivity contribution in [1.29, 1.82) is 0 Å². The summed E-state index contributed by atoms with van der Waals surface area (Å²) >= 11 is 2.19. The van der Waals surface area contributed by atoms with Gasteiger partial charge in [0, 0.05) is 10.6 Å². The standard InChI is InChI=1S/C5H6IN3/c1-7-5-2-4(6)3-8-9-5/h2-3H,1H3,(H,7,9). The van der Waals surface area contributed by atoms with Crippen LogP contribution >= 0.6 is 22.6 Å². The van der Waals surface area contributed by atoms with Gasteiger partial charge in [-0.1, -0.05) is 0 Å². The number of nitrogens with one attached hydrogen (secondary N) is 1. The molecule has 9 heavy (non-hydrogen) atoms. The number of rotatable bonds is 1. The Morgan fingerprint density at radius 1 is 1.67 bits per heavy atom. The molecule has 4 heteroatoms. The van der Waals surface area contributed by atoms with Crippen molar-refractivity contribution in [2.24, 2.45) is 0 Å². The lowest BCUT2D eigenvalue weighted by molar-refractivity contribution is 1.02. The van der Waals surface area contributed by atoms with Gasteiger partial charge in [-0.2, -0.15) is 5.10 Å². The monoisotopic (exact) mass is 235 g/mol. The lowest BCUT2D eigenvalue weighted by Crippen LogP contribution is -1.93. The van der Waals surface area contributed by atoms with Crippen LogP contribution in [0.3, 0.4) is 0 Å². The minimum Gasteiger partial charge on any atom is -0.372 e. The van der Waals surface area contributed by atoms with Crippen LogP contribution in [0.2, 0.25) is 0 Å². The van der Waals surface area contributed by atoms with Crippen molar-refractivity contribution in [3.05, 3.63) is 15.8 Å². The Morgan fingerprint density at radius 2 is 2.44 bits per heavy atom. The topological polar surface area (TPSA) is 37.8 Å². The second-order valence-corrected chi connectivity index (χ2v) is 2.75. The van der Waals surface area contributed by atoms with Crippen LogP contribution in [0.1, 0.15) is 0 Å². The lowest BCUT2D eigenvalue weighted by Gasteiger charge is -1.94. The fourth-order valence-electron chi connectivity index (χ4n) is 0.465. The molecule has 1 heterocycles. The number of nitrogens with zero attached hydrogens (tertiary/aromatic N) is 2. The number of halogens is 1. The Labute approximate surface area is 67.0 Å². The SMILES string of the molecule is CNc1cc(I)cnn1. The molecule has 0 saturated carbocycles. The van der Waals surface area contributed by atoms with Gasteiger partial charge in [0.2, 0.25) is 0 Å². The third kappa shape index (κ3) is 1.78. The van der Waals surface area contributed by atoms with Gasteiger partial charge in [0.1, 0.15) is 5.82 Å². The Hall–Kier alpha value is -0.390. The van der Waals surface area contributed by atoms with Gasteiger partial charge in [-0.3, -0.25) is 0 Å². The van der Waals surface area contributed by atoms with E-state index >= 15 is 0 Å². The van der Waals surface area contributed by atoms with Crippen LogP contribution in [0.4, 0.5) is 5.82 Å². The molecule has 0 unspecified atom stereocenters. The van der Waals surface area contributed by atoms with E-state index in [-0.39, 0.29) is 0 Å². The largest absolute Gasteiger partial charge is 0.372 e. The molecule has 0 amide bonds. The first-order chi connectivity index (χ1) is 4.33. The molecule has 1 aromatic rings. The van der Waals surface area contributed by atoms with E-state index in [1.165, 1.54) is 0 Å². The summed E-state index contributed by atoms with van der Waals surface area (Å²) in [6.07, 6.45) is 1.71. The van der Waals surface area contributed by atoms with E-state index in [2.05, 4.69) is 38.1 Å². The summed E-state index contributed by atoms with van der Waals surface area (Å²) in [6, 6.07) is 1.92. The van der Waals surface area contributed by atoms with E-state index in [9.17, 15) is 0 Å². The molecule has 0 radical (unpaired) electrons. The highest BCUT2D eigenvalue weighted by molar-refractivity contribution is 14.1. The van der Waals surface area contributed by atoms with Crippen LogP contribution in [0.25, 0.3) is 0 Å². The van der Waals surface area contributed by atoms with E-state index in [1.54, 1.807) is 6.20 Å². The Morgan fingerprint density at radius 3 is 2.89 bits per heavy atom. The van der Waals surface area contributed by atoms with Gasteiger partial charge in [0.05, 0.1) is 6.20 Å².